The summed E-state index contributed by atoms with van der Waals surface area (Å²) in [6, 6.07) is 17.7. The van der Waals surface area contributed by atoms with Gasteiger partial charge in [-0.15, -0.1) is 11.3 Å². The van der Waals surface area contributed by atoms with Crippen molar-refractivity contribution in [2.24, 2.45) is 0 Å². The molecule has 2 heterocycles. The Hall–Kier alpha value is -3.91. The Morgan fingerprint density at radius 1 is 1.06 bits per heavy atom. The standard InChI is InChI=1S/C24H19NO6S/c1-14-10-22(27)31-19-11-16(8-9-17(14)19)30-13-21(26)25-23-18(24(28)29-2)12-20(32-23)15-6-4-3-5-7-15/h3-12H,13H2,1-2H3,(H,25,26). The molecule has 0 aliphatic carbocycles. The Kier molecular flexibility index (Phi) is 6.04. The molecule has 0 unspecified atom stereocenters. The summed E-state index contributed by atoms with van der Waals surface area (Å²) < 4.78 is 15.6. The van der Waals surface area contributed by atoms with Crippen molar-refractivity contribution in [1.82, 2.24) is 0 Å². The van der Waals surface area contributed by atoms with Crippen molar-refractivity contribution in [3.63, 3.8) is 0 Å². The molecular formula is C24H19NO6S. The number of carbonyl (C=O) groups excluding carboxylic acids is 2. The molecule has 4 rings (SSSR count). The van der Waals surface area contributed by atoms with Gasteiger partial charge in [0.1, 0.15) is 16.3 Å². The predicted molar refractivity (Wildman–Crippen MR) is 122 cm³/mol. The number of nitrogens with one attached hydrogen (secondary N) is 1. The van der Waals surface area contributed by atoms with Crippen LogP contribution in [0, 0.1) is 6.92 Å². The molecule has 2 aromatic heterocycles. The highest BCUT2D eigenvalue weighted by atomic mass is 32.1. The molecule has 0 aliphatic rings. The average molecular weight is 449 g/mol. The first-order valence-corrected chi connectivity index (χ1v) is 10.5. The van der Waals surface area contributed by atoms with E-state index in [4.69, 9.17) is 13.9 Å². The van der Waals surface area contributed by atoms with Crippen LogP contribution in [-0.4, -0.2) is 25.6 Å². The molecule has 2 aromatic carbocycles. The summed E-state index contributed by atoms with van der Waals surface area (Å²) in [6.07, 6.45) is 0. The Morgan fingerprint density at radius 3 is 2.59 bits per heavy atom. The molecule has 0 radical (unpaired) electrons. The minimum atomic E-state index is -0.542. The molecule has 0 saturated carbocycles. The topological polar surface area (TPSA) is 94.8 Å². The molecule has 32 heavy (non-hydrogen) atoms. The molecule has 0 spiro atoms. The maximum absolute atomic E-state index is 12.5. The minimum Gasteiger partial charge on any atom is -0.484 e. The van der Waals surface area contributed by atoms with E-state index in [0.29, 0.717) is 16.3 Å². The van der Waals surface area contributed by atoms with E-state index < -0.39 is 17.5 Å². The second kappa shape index (κ2) is 9.07. The molecule has 4 aromatic rings. The normalized spacial score (nSPS) is 10.7. The highest BCUT2D eigenvalue weighted by Gasteiger charge is 2.19. The van der Waals surface area contributed by atoms with Crippen molar-refractivity contribution in [3.05, 3.63) is 82.2 Å². The summed E-state index contributed by atoms with van der Waals surface area (Å²) in [7, 11) is 1.29. The van der Waals surface area contributed by atoms with Gasteiger partial charge in [0.2, 0.25) is 0 Å². The second-order valence-electron chi connectivity index (χ2n) is 6.95. The van der Waals surface area contributed by atoms with Crippen LogP contribution in [0.4, 0.5) is 5.00 Å². The quantitative estimate of drug-likeness (QED) is 0.341. The van der Waals surface area contributed by atoms with Crippen LogP contribution >= 0.6 is 11.3 Å². The van der Waals surface area contributed by atoms with E-state index in [9.17, 15) is 14.4 Å². The van der Waals surface area contributed by atoms with Gasteiger partial charge in [-0.1, -0.05) is 30.3 Å². The van der Waals surface area contributed by atoms with Crippen LogP contribution in [0.5, 0.6) is 5.75 Å². The molecule has 0 saturated heterocycles. The zero-order chi connectivity index (χ0) is 22.7. The van der Waals surface area contributed by atoms with E-state index in [1.807, 2.05) is 37.3 Å². The maximum atomic E-state index is 12.5. The molecule has 0 aliphatic heterocycles. The first-order chi connectivity index (χ1) is 15.4. The summed E-state index contributed by atoms with van der Waals surface area (Å²) in [5.41, 5.74) is 1.92. The first kappa shape index (κ1) is 21.3. The monoisotopic (exact) mass is 449 g/mol. The fourth-order valence-electron chi connectivity index (χ4n) is 3.20. The number of carbonyl (C=O) groups is 2. The molecule has 1 N–H and O–H groups in total. The molecule has 7 nitrogen and oxygen atoms in total. The van der Waals surface area contributed by atoms with Crippen LogP contribution in [0.2, 0.25) is 0 Å². The summed E-state index contributed by atoms with van der Waals surface area (Å²) in [5.74, 6) is -0.604. The number of fused-ring (bicyclic) bond motifs is 1. The number of amides is 1. The lowest BCUT2D eigenvalue weighted by atomic mass is 10.1. The lowest BCUT2D eigenvalue weighted by Crippen LogP contribution is -2.20. The number of benzene rings is 2. The van der Waals surface area contributed by atoms with Gasteiger partial charge in [0.05, 0.1) is 12.7 Å². The number of aryl methyl sites for hydroxylation is 1. The number of thiophene rings is 1. The molecule has 0 atom stereocenters. The van der Waals surface area contributed by atoms with Crippen molar-refractivity contribution >= 4 is 39.2 Å². The Labute approximate surface area is 187 Å². The number of rotatable bonds is 6. The van der Waals surface area contributed by atoms with Crippen molar-refractivity contribution < 1.29 is 23.5 Å². The van der Waals surface area contributed by atoms with Gasteiger partial charge in [0.15, 0.2) is 6.61 Å². The number of anilines is 1. The van der Waals surface area contributed by atoms with Gasteiger partial charge in [-0.2, -0.15) is 0 Å². The lowest BCUT2D eigenvalue weighted by Gasteiger charge is -2.08. The summed E-state index contributed by atoms with van der Waals surface area (Å²) >= 11 is 1.27. The van der Waals surface area contributed by atoms with Crippen LogP contribution in [-0.2, 0) is 9.53 Å². The van der Waals surface area contributed by atoms with E-state index in [0.717, 1.165) is 21.4 Å². The van der Waals surface area contributed by atoms with Crippen molar-refractivity contribution in [3.8, 4) is 16.2 Å². The van der Waals surface area contributed by atoms with Gasteiger partial charge in [0, 0.05) is 22.4 Å². The third kappa shape index (κ3) is 4.55. The molecule has 1 amide bonds. The molecular weight excluding hydrogens is 430 g/mol. The number of methoxy groups -OCH3 is 1. The van der Waals surface area contributed by atoms with E-state index >= 15 is 0 Å². The summed E-state index contributed by atoms with van der Waals surface area (Å²) in [6.45, 7) is 1.53. The van der Waals surface area contributed by atoms with E-state index in [1.54, 1.807) is 24.3 Å². The Balaban J connectivity index is 1.50. The zero-order valence-corrected chi connectivity index (χ0v) is 18.2. The summed E-state index contributed by atoms with van der Waals surface area (Å²) in [4.78, 5) is 37.1. The van der Waals surface area contributed by atoms with Crippen LogP contribution < -0.4 is 15.7 Å². The fraction of sp³-hybridized carbons (Fsp3) is 0.125. The van der Waals surface area contributed by atoms with Crippen LogP contribution in [0.15, 0.2) is 69.9 Å². The highest BCUT2D eigenvalue weighted by molar-refractivity contribution is 7.20. The maximum Gasteiger partial charge on any atom is 0.340 e. The van der Waals surface area contributed by atoms with Gasteiger partial charge >= 0.3 is 11.6 Å². The van der Waals surface area contributed by atoms with Crippen molar-refractivity contribution in [1.29, 1.82) is 0 Å². The van der Waals surface area contributed by atoms with Crippen LogP contribution in [0.3, 0.4) is 0 Å². The van der Waals surface area contributed by atoms with E-state index in [2.05, 4.69) is 5.32 Å². The van der Waals surface area contributed by atoms with Crippen molar-refractivity contribution in [2.75, 3.05) is 19.0 Å². The number of ether oxygens (including phenoxy) is 2. The van der Waals surface area contributed by atoms with Gasteiger partial charge in [-0.3, -0.25) is 4.79 Å². The number of esters is 1. The largest absolute Gasteiger partial charge is 0.484 e. The first-order valence-electron chi connectivity index (χ1n) is 9.69. The smallest absolute Gasteiger partial charge is 0.340 e. The van der Waals surface area contributed by atoms with Gasteiger partial charge in [0.25, 0.3) is 5.91 Å². The second-order valence-corrected chi connectivity index (χ2v) is 8.01. The SMILES string of the molecule is COC(=O)c1cc(-c2ccccc2)sc1NC(=O)COc1ccc2c(C)cc(=O)oc2c1. The Bertz CT molecular complexity index is 1360. The van der Waals surface area contributed by atoms with Gasteiger partial charge < -0.3 is 19.2 Å². The molecule has 0 bridgehead atoms. The Morgan fingerprint density at radius 2 is 1.84 bits per heavy atom. The molecule has 8 heteroatoms. The zero-order valence-electron chi connectivity index (χ0n) is 17.3. The van der Waals surface area contributed by atoms with E-state index in [-0.39, 0.29) is 12.2 Å². The molecule has 0 fully saturated rings. The van der Waals surface area contributed by atoms with Gasteiger partial charge in [-0.05, 0) is 36.2 Å². The van der Waals surface area contributed by atoms with Crippen molar-refractivity contribution in [2.45, 2.75) is 6.92 Å². The summed E-state index contributed by atoms with van der Waals surface area (Å²) in [5, 5.41) is 3.89. The van der Waals surface area contributed by atoms with Gasteiger partial charge in [-0.25, -0.2) is 9.59 Å². The minimum absolute atomic E-state index is 0.271. The average Bonchev–Trinajstić information content (AvgIpc) is 3.21. The third-order valence-corrected chi connectivity index (χ3v) is 5.84. The van der Waals surface area contributed by atoms with E-state index in [1.165, 1.54) is 24.5 Å². The third-order valence-electron chi connectivity index (χ3n) is 4.74. The fourth-order valence-corrected chi connectivity index (χ4v) is 4.26. The number of hydrogen-bond acceptors (Lipinski definition) is 7. The lowest BCUT2D eigenvalue weighted by molar-refractivity contribution is -0.118. The van der Waals surface area contributed by atoms with Crippen LogP contribution in [0.25, 0.3) is 21.4 Å². The predicted octanol–water partition coefficient (Wildman–Crippen LogP) is 4.63. The highest BCUT2D eigenvalue weighted by Crippen LogP contribution is 2.35. The van der Waals surface area contributed by atoms with Crippen LogP contribution in [0.1, 0.15) is 15.9 Å². The number of hydrogen-bond donors (Lipinski definition) is 1. The molecule has 162 valence electrons.